The van der Waals surface area contributed by atoms with E-state index in [0.717, 1.165) is 18.7 Å². The second kappa shape index (κ2) is 7.71. The Morgan fingerprint density at radius 2 is 2.12 bits per heavy atom. The second-order valence-corrected chi connectivity index (χ2v) is 5.00. The number of hydrogen-bond acceptors (Lipinski definition) is 3. The van der Waals surface area contributed by atoms with Gasteiger partial charge in [0.2, 0.25) is 0 Å². The molecule has 1 rings (SSSR count). The molecule has 0 fully saturated rings. The summed E-state index contributed by atoms with van der Waals surface area (Å²) in [5.41, 5.74) is 1.28. The van der Waals surface area contributed by atoms with E-state index in [1.165, 1.54) is 10.5 Å². The zero-order valence-electron chi connectivity index (χ0n) is 10.1. The summed E-state index contributed by atoms with van der Waals surface area (Å²) in [6, 6.07) is 8.28. The molecule has 2 nitrogen and oxygen atoms in total. The van der Waals surface area contributed by atoms with Crippen molar-refractivity contribution in [3.63, 3.8) is 0 Å². The number of aryl methyl sites for hydroxylation is 1. The molecule has 0 aromatic heterocycles. The number of benzene rings is 1. The zero-order valence-corrected chi connectivity index (χ0v) is 10.9. The molecule has 0 saturated carbocycles. The van der Waals surface area contributed by atoms with Crippen LogP contribution >= 0.6 is 11.8 Å². The van der Waals surface area contributed by atoms with Gasteiger partial charge in [0.05, 0.1) is 6.10 Å². The molecule has 0 saturated heterocycles. The maximum Gasteiger partial charge on any atom is 0.0758 e. The molecule has 0 bridgehead atoms. The first-order chi connectivity index (χ1) is 7.74. The highest BCUT2D eigenvalue weighted by Gasteiger charge is 2.05. The van der Waals surface area contributed by atoms with Gasteiger partial charge in [0.1, 0.15) is 0 Å². The Hall–Kier alpha value is -0.510. The number of aliphatic hydroxyl groups excluding tert-OH is 1. The number of aliphatic hydroxyl groups is 1. The van der Waals surface area contributed by atoms with Crippen molar-refractivity contribution in [3.8, 4) is 0 Å². The molecule has 1 aromatic rings. The predicted molar refractivity (Wildman–Crippen MR) is 71.1 cm³/mol. The van der Waals surface area contributed by atoms with Gasteiger partial charge in [0.15, 0.2) is 0 Å². The Morgan fingerprint density at radius 1 is 1.38 bits per heavy atom. The van der Waals surface area contributed by atoms with Gasteiger partial charge in [-0.25, -0.2) is 0 Å². The molecule has 90 valence electrons. The van der Waals surface area contributed by atoms with E-state index in [2.05, 4.69) is 31.3 Å². The average Bonchev–Trinajstić information content (AvgIpc) is 2.28. The monoisotopic (exact) mass is 239 g/mol. The minimum atomic E-state index is -0.267. The molecule has 0 amide bonds. The van der Waals surface area contributed by atoms with Crippen LogP contribution < -0.4 is 5.32 Å². The van der Waals surface area contributed by atoms with Crippen LogP contribution in [0.25, 0.3) is 0 Å². The molecule has 1 atom stereocenters. The fourth-order valence-electron chi connectivity index (χ4n) is 1.41. The molecule has 16 heavy (non-hydrogen) atoms. The van der Waals surface area contributed by atoms with Crippen LogP contribution in [0.5, 0.6) is 0 Å². The van der Waals surface area contributed by atoms with Crippen LogP contribution in [-0.4, -0.2) is 30.1 Å². The van der Waals surface area contributed by atoms with E-state index in [1.807, 2.05) is 12.1 Å². The topological polar surface area (TPSA) is 32.3 Å². The van der Waals surface area contributed by atoms with Crippen LogP contribution in [-0.2, 0) is 0 Å². The fraction of sp³-hybridized carbons (Fsp3) is 0.538. The van der Waals surface area contributed by atoms with Gasteiger partial charge in [0.25, 0.3) is 0 Å². The lowest BCUT2D eigenvalue weighted by Crippen LogP contribution is -2.28. The minimum Gasteiger partial charge on any atom is -0.391 e. The predicted octanol–water partition coefficient (Wildman–Crippen LogP) is 2.45. The quantitative estimate of drug-likeness (QED) is 0.566. The van der Waals surface area contributed by atoms with Crippen LogP contribution in [0.2, 0.25) is 0 Å². The summed E-state index contributed by atoms with van der Waals surface area (Å²) in [6.45, 7) is 5.89. The van der Waals surface area contributed by atoms with E-state index in [1.54, 1.807) is 11.8 Å². The number of hydrogen-bond donors (Lipinski definition) is 2. The Bertz CT molecular complexity index is 304. The average molecular weight is 239 g/mol. The standard InChI is InChI=1S/C13H21NOS/c1-3-8-14-9-12(15)10-16-13-7-5-4-6-11(13)2/h4-7,12,14-15H,3,8-10H2,1-2H3. The summed E-state index contributed by atoms with van der Waals surface area (Å²) >= 11 is 1.72. The molecule has 0 aliphatic heterocycles. The summed E-state index contributed by atoms with van der Waals surface area (Å²) in [5.74, 6) is 0.752. The lowest BCUT2D eigenvalue weighted by Gasteiger charge is -2.11. The van der Waals surface area contributed by atoms with Crippen LogP contribution in [0.3, 0.4) is 0 Å². The van der Waals surface area contributed by atoms with Gasteiger partial charge >= 0.3 is 0 Å². The maximum absolute atomic E-state index is 9.74. The Kier molecular flexibility index (Phi) is 6.53. The van der Waals surface area contributed by atoms with Crippen molar-refractivity contribution < 1.29 is 5.11 Å². The van der Waals surface area contributed by atoms with Gasteiger partial charge in [0, 0.05) is 17.2 Å². The van der Waals surface area contributed by atoms with E-state index in [0.29, 0.717) is 6.54 Å². The third-order valence-corrected chi connectivity index (χ3v) is 3.65. The van der Waals surface area contributed by atoms with Gasteiger partial charge in [-0.3, -0.25) is 0 Å². The van der Waals surface area contributed by atoms with Gasteiger partial charge in [-0.15, -0.1) is 11.8 Å². The van der Waals surface area contributed by atoms with E-state index in [-0.39, 0.29) is 6.10 Å². The highest BCUT2D eigenvalue weighted by atomic mass is 32.2. The third kappa shape index (κ3) is 5.01. The molecule has 2 N–H and O–H groups in total. The molecule has 3 heteroatoms. The van der Waals surface area contributed by atoms with E-state index in [9.17, 15) is 5.11 Å². The van der Waals surface area contributed by atoms with Gasteiger partial charge < -0.3 is 10.4 Å². The van der Waals surface area contributed by atoms with Crippen molar-refractivity contribution in [1.29, 1.82) is 0 Å². The fourth-order valence-corrected chi connectivity index (χ4v) is 2.37. The van der Waals surface area contributed by atoms with Crippen molar-refractivity contribution in [2.75, 3.05) is 18.8 Å². The van der Waals surface area contributed by atoms with Crippen molar-refractivity contribution in [3.05, 3.63) is 29.8 Å². The van der Waals surface area contributed by atoms with Crippen LogP contribution in [0.1, 0.15) is 18.9 Å². The Labute approximate surface area is 102 Å². The molecule has 0 aliphatic carbocycles. The summed E-state index contributed by atoms with van der Waals surface area (Å²) in [4.78, 5) is 1.26. The van der Waals surface area contributed by atoms with Crippen molar-refractivity contribution >= 4 is 11.8 Å². The van der Waals surface area contributed by atoms with Crippen LogP contribution in [0.15, 0.2) is 29.2 Å². The lowest BCUT2D eigenvalue weighted by atomic mass is 10.2. The minimum absolute atomic E-state index is 0.267. The largest absolute Gasteiger partial charge is 0.391 e. The molecular formula is C13H21NOS. The van der Waals surface area contributed by atoms with Crippen molar-refractivity contribution in [2.24, 2.45) is 0 Å². The van der Waals surface area contributed by atoms with Gasteiger partial charge in [-0.05, 0) is 31.5 Å². The summed E-state index contributed by atoms with van der Waals surface area (Å²) in [7, 11) is 0. The number of thioether (sulfide) groups is 1. The number of nitrogens with one attached hydrogen (secondary N) is 1. The molecule has 1 aromatic carbocycles. The third-order valence-electron chi connectivity index (χ3n) is 2.33. The SMILES string of the molecule is CCCNCC(O)CSc1ccccc1C. The summed E-state index contributed by atoms with van der Waals surface area (Å²) in [5, 5.41) is 13.0. The molecular weight excluding hydrogens is 218 g/mol. The Balaban J connectivity index is 2.26. The lowest BCUT2D eigenvalue weighted by molar-refractivity contribution is 0.196. The van der Waals surface area contributed by atoms with E-state index in [4.69, 9.17) is 0 Å². The van der Waals surface area contributed by atoms with E-state index >= 15 is 0 Å². The molecule has 0 radical (unpaired) electrons. The van der Waals surface area contributed by atoms with Crippen molar-refractivity contribution in [1.82, 2.24) is 5.32 Å². The Morgan fingerprint density at radius 3 is 2.81 bits per heavy atom. The second-order valence-electron chi connectivity index (χ2n) is 3.93. The number of rotatable bonds is 7. The van der Waals surface area contributed by atoms with Gasteiger partial charge in [-0.2, -0.15) is 0 Å². The van der Waals surface area contributed by atoms with Crippen LogP contribution in [0, 0.1) is 6.92 Å². The smallest absolute Gasteiger partial charge is 0.0758 e. The summed E-state index contributed by atoms with van der Waals surface area (Å²) in [6.07, 6.45) is 0.841. The first kappa shape index (κ1) is 13.6. The van der Waals surface area contributed by atoms with Crippen molar-refractivity contribution in [2.45, 2.75) is 31.3 Å². The van der Waals surface area contributed by atoms with Crippen LogP contribution in [0.4, 0.5) is 0 Å². The maximum atomic E-state index is 9.74. The highest BCUT2D eigenvalue weighted by molar-refractivity contribution is 7.99. The normalized spacial score (nSPS) is 12.7. The highest BCUT2D eigenvalue weighted by Crippen LogP contribution is 2.22. The first-order valence-electron chi connectivity index (χ1n) is 5.81. The van der Waals surface area contributed by atoms with E-state index < -0.39 is 0 Å². The molecule has 0 aliphatic rings. The van der Waals surface area contributed by atoms with Gasteiger partial charge in [-0.1, -0.05) is 25.1 Å². The molecule has 0 spiro atoms. The zero-order chi connectivity index (χ0) is 11.8. The summed E-state index contributed by atoms with van der Waals surface area (Å²) < 4.78 is 0. The molecule has 0 heterocycles. The molecule has 1 unspecified atom stereocenters. The first-order valence-corrected chi connectivity index (χ1v) is 6.79.